The first-order valence-electron chi connectivity index (χ1n) is 13.0. The maximum atomic E-state index is 13.6. The van der Waals surface area contributed by atoms with E-state index in [0.717, 1.165) is 12.0 Å². The number of nitrogens with one attached hydrogen (secondary N) is 2. The predicted molar refractivity (Wildman–Crippen MR) is 140 cm³/mol. The molecule has 3 heterocycles. The van der Waals surface area contributed by atoms with Gasteiger partial charge >= 0.3 is 6.09 Å². The minimum atomic E-state index is -1.51. The lowest BCUT2D eigenvalue weighted by Gasteiger charge is -2.39. The second-order valence-corrected chi connectivity index (χ2v) is 11.3. The largest absolute Gasteiger partial charge is 0.593 e. The highest BCUT2D eigenvalue weighted by Gasteiger charge is 2.44. The highest BCUT2D eigenvalue weighted by molar-refractivity contribution is 7.89. The molecule has 10 nitrogen and oxygen atoms in total. The van der Waals surface area contributed by atoms with E-state index in [0.29, 0.717) is 36.8 Å². The number of benzene rings is 2. The molecule has 3 N–H and O–H groups in total. The summed E-state index contributed by atoms with van der Waals surface area (Å²) in [7, 11) is 1.58. The van der Waals surface area contributed by atoms with E-state index in [1.165, 1.54) is 0 Å². The molecule has 206 valence electrons. The van der Waals surface area contributed by atoms with Crippen molar-refractivity contribution in [2.45, 2.75) is 48.3 Å². The van der Waals surface area contributed by atoms with Gasteiger partial charge in [-0.25, -0.2) is 4.79 Å². The number of amides is 1. The number of fused-ring (bicyclic) bond motifs is 1. The van der Waals surface area contributed by atoms with Crippen molar-refractivity contribution >= 4 is 17.5 Å². The van der Waals surface area contributed by atoms with Crippen molar-refractivity contribution in [1.82, 2.24) is 14.9 Å². The maximum absolute atomic E-state index is 13.6. The van der Waals surface area contributed by atoms with Crippen molar-refractivity contribution in [3.8, 4) is 5.75 Å². The Labute approximate surface area is 225 Å². The summed E-state index contributed by atoms with van der Waals surface area (Å²) in [5.74, 6) is 0.697. The molecule has 3 saturated heterocycles. The third-order valence-electron chi connectivity index (χ3n) is 7.32. The van der Waals surface area contributed by atoms with Gasteiger partial charge in [-0.15, -0.1) is 4.31 Å². The maximum Gasteiger partial charge on any atom is 0.407 e. The fourth-order valence-corrected chi connectivity index (χ4v) is 6.34. The third kappa shape index (κ3) is 6.42. The van der Waals surface area contributed by atoms with E-state index in [9.17, 15) is 14.5 Å². The van der Waals surface area contributed by atoms with Crippen molar-refractivity contribution in [3.63, 3.8) is 0 Å². The monoisotopic (exact) mass is 545 g/mol. The van der Waals surface area contributed by atoms with Gasteiger partial charge in [0.05, 0.1) is 62.3 Å². The minimum Gasteiger partial charge on any atom is -0.593 e. The highest BCUT2D eigenvalue weighted by atomic mass is 32.2. The van der Waals surface area contributed by atoms with Gasteiger partial charge in [-0.3, -0.25) is 0 Å². The first kappa shape index (κ1) is 27.2. The molecule has 0 bridgehead atoms. The normalized spacial score (nSPS) is 25.3. The van der Waals surface area contributed by atoms with Crippen LogP contribution in [-0.4, -0.2) is 90.6 Å². The summed E-state index contributed by atoms with van der Waals surface area (Å²) in [4.78, 5) is 13.6. The summed E-state index contributed by atoms with van der Waals surface area (Å²) >= 11 is -1.51. The van der Waals surface area contributed by atoms with E-state index in [1.54, 1.807) is 35.7 Å². The van der Waals surface area contributed by atoms with Crippen LogP contribution in [0.4, 0.5) is 4.79 Å². The molecule has 2 aromatic carbocycles. The predicted octanol–water partition coefficient (Wildman–Crippen LogP) is 1.45. The lowest BCUT2D eigenvalue weighted by Crippen LogP contribution is -2.61. The fraction of sp³-hybridized carbons (Fsp3) is 0.519. The zero-order valence-electron chi connectivity index (χ0n) is 21.4. The topological polar surface area (TPSA) is 125 Å². The molecular weight excluding hydrogens is 510 g/mol. The van der Waals surface area contributed by atoms with Gasteiger partial charge in [-0.05, 0) is 42.7 Å². The molecule has 1 unspecified atom stereocenters. The van der Waals surface area contributed by atoms with Crippen LogP contribution in [0.15, 0.2) is 59.5 Å². The van der Waals surface area contributed by atoms with Gasteiger partial charge in [0, 0.05) is 13.1 Å². The number of hydrogen-bond acceptors (Lipinski definition) is 9. The SMILES string of the molecule is COc1ccc([S+]([O-])N(C[C@@H](O)[C@H](Cc2ccccc2)NC(=O)O[C@H]2CO[C@H]3OCC[C@H]32)C2CNC2)cc1. The number of carbonyl (C=O) groups excluding carboxylic acids is 1. The number of carbonyl (C=O) groups is 1. The van der Waals surface area contributed by atoms with Crippen molar-refractivity contribution in [1.29, 1.82) is 0 Å². The van der Waals surface area contributed by atoms with E-state index in [2.05, 4.69) is 10.6 Å². The summed E-state index contributed by atoms with van der Waals surface area (Å²) < 4.78 is 37.4. The van der Waals surface area contributed by atoms with Crippen LogP contribution < -0.4 is 15.4 Å². The van der Waals surface area contributed by atoms with Crippen LogP contribution >= 0.6 is 0 Å². The molecule has 2 aromatic rings. The quantitative estimate of drug-likeness (QED) is 0.360. The molecule has 0 radical (unpaired) electrons. The summed E-state index contributed by atoms with van der Waals surface area (Å²) in [5.41, 5.74) is 0.957. The molecule has 3 aliphatic heterocycles. The van der Waals surface area contributed by atoms with E-state index in [4.69, 9.17) is 18.9 Å². The lowest BCUT2D eigenvalue weighted by molar-refractivity contribution is -0.0907. The Bertz CT molecular complexity index is 1040. The molecule has 3 fully saturated rings. The van der Waals surface area contributed by atoms with Gasteiger partial charge in [-0.2, -0.15) is 0 Å². The Balaban J connectivity index is 1.28. The molecule has 0 aliphatic carbocycles. The molecule has 11 heteroatoms. The average Bonchev–Trinajstić information content (AvgIpc) is 3.52. The minimum absolute atomic E-state index is 0.00755. The van der Waals surface area contributed by atoms with Crippen molar-refractivity contribution < 1.29 is 33.4 Å². The van der Waals surface area contributed by atoms with Crippen LogP contribution in [0, 0.1) is 5.92 Å². The van der Waals surface area contributed by atoms with Gasteiger partial charge in [0.15, 0.2) is 11.2 Å². The summed E-state index contributed by atoms with van der Waals surface area (Å²) in [6, 6.07) is 16.0. The second kappa shape index (κ2) is 12.6. The number of methoxy groups -OCH3 is 1. The van der Waals surface area contributed by atoms with Gasteiger partial charge in [-0.1, -0.05) is 30.3 Å². The summed E-state index contributed by atoms with van der Waals surface area (Å²) in [6.07, 6.45) is -1.17. The first-order chi connectivity index (χ1) is 18.5. The van der Waals surface area contributed by atoms with Gasteiger partial charge in [0.1, 0.15) is 11.9 Å². The van der Waals surface area contributed by atoms with E-state index < -0.39 is 35.7 Å². The Morgan fingerprint density at radius 1 is 1.21 bits per heavy atom. The number of hydrogen-bond donors (Lipinski definition) is 3. The van der Waals surface area contributed by atoms with Crippen molar-refractivity contribution in [2.75, 3.05) is 40.0 Å². The zero-order valence-corrected chi connectivity index (χ0v) is 22.2. The molecule has 5 rings (SSSR count). The standard InChI is InChI=1S/C27H35N3O7S/c1-34-20-7-9-21(10-8-20)38(33)30(19-14-28-15-19)16-24(31)23(13-18-5-3-2-4-6-18)29-27(32)37-25-17-36-26-22(25)11-12-35-26/h2-10,19,22-26,28,31H,11-17H2,1H3,(H,29,32)/t22-,23-,24+,25-,26+,38?/m0/s1. The molecule has 38 heavy (non-hydrogen) atoms. The van der Waals surface area contributed by atoms with Gasteiger partial charge < -0.3 is 39.2 Å². The highest BCUT2D eigenvalue weighted by Crippen LogP contribution is 2.33. The number of rotatable bonds is 11. The first-order valence-corrected chi connectivity index (χ1v) is 14.1. The number of nitrogens with zero attached hydrogens (tertiary/aromatic N) is 1. The van der Waals surface area contributed by atoms with E-state index in [1.807, 2.05) is 30.3 Å². The Hall–Kier alpha value is -2.38. The molecule has 0 spiro atoms. The lowest BCUT2D eigenvalue weighted by atomic mass is 10.0. The van der Waals surface area contributed by atoms with Crippen LogP contribution in [-0.2, 0) is 32.0 Å². The molecular formula is C27H35N3O7S. The Morgan fingerprint density at radius 2 is 1.97 bits per heavy atom. The van der Waals surface area contributed by atoms with Crippen LogP contribution in [0.1, 0.15) is 12.0 Å². The number of aliphatic hydroxyl groups is 1. The van der Waals surface area contributed by atoms with Crippen LogP contribution in [0.2, 0.25) is 0 Å². The molecule has 1 amide bonds. The Morgan fingerprint density at radius 3 is 2.66 bits per heavy atom. The summed E-state index contributed by atoms with van der Waals surface area (Å²) in [6.45, 7) is 2.31. The number of ether oxygens (including phenoxy) is 4. The second-order valence-electron chi connectivity index (χ2n) is 9.81. The number of alkyl carbamates (subject to hydrolysis) is 1. The van der Waals surface area contributed by atoms with Crippen molar-refractivity contribution in [2.24, 2.45) is 5.92 Å². The van der Waals surface area contributed by atoms with Crippen LogP contribution in [0.25, 0.3) is 0 Å². The summed E-state index contributed by atoms with van der Waals surface area (Å²) in [5, 5.41) is 17.5. The van der Waals surface area contributed by atoms with Crippen molar-refractivity contribution in [3.05, 3.63) is 60.2 Å². The third-order valence-corrected chi connectivity index (χ3v) is 8.87. The molecule has 0 aromatic heterocycles. The van der Waals surface area contributed by atoms with Crippen LogP contribution in [0.3, 0.4) is 0 Å². The van der Waals surface area contributed by atoms with Gasteiger partial charge in [0.2, 0.25) is 0 Å². The van der Waals surface area contributed by atoms with Gasteiger partial charge in [0.25, 0.3) is 0 Å². The number of aliphatic hydroxyl groups excluding tert-OH is 1. The van der Waals surface area contributed by atoms with Crippen LogP contribution in [0.5, 0.6) is 5.75 Å². The smallest absolute Gasteiger partial charge is 0.407 e. The molecule has 6 atom stereocenters. The molecule has 3 aliphatic rings. The molecule has 0 saturated carbocycles. The van der Waals surface area contributed by atoms with E-state index >= 15 is 0 Å². The Kier molecular flexibility index (Phi) is 9.05. The zero-order chi connectivity index (χ0) is 26.5. The average molecular weight is 546 g/mol. The van der Waals surface area contributed by atoms with E-state index in [-0.39, 0.29) is 31.4 Å². The fourth-order valence-electron chi connectivity index (χ4n) is 4.99.